The van der Waals surface area contributed by atoms with Crippen molar-refractivity contribution in [1.82, 2.24) is 0 Å². The van der Waals surface area contributed by atoms with Crippen LogP contribution in [-0.4, -0.2) is 30.5 Å². The van der Waals surface area contributed by atoms with Gasteiger partial charge in [0.05, 0.1) is 11.3 Å². The molecule has 2 aromatic carbocycles. The van der Waals surface area contributed by atoms with E-state index in [1.807, 2.05) is 6.26 Å². The predicted octanol–water partition coefficient (Wildman–Crippen LogP) is 3.41. The van der Waals surface area contributed by atoms with Gasteiger partial charge in [-0.05, 0) is 30.5 Å². The minimum atomic E-state index is -0.549. The first-order chi connectivity index (χ1) is 11.5. The Bertz CT molecular complexity index is 759. The van der Waals surface area contributed by atoms with E-state index in [0.29, 0.717) is 16.8 Å². The molecule has 124 valence electrons. The molecule has 0 unspecified atom stereocenters. The Morgan fingerprint density at radius 1 is 1.04 bits per heavy atom. The molecule has 5 nitrogen and oxygen atoms in total. The molecule has 0 heterocycles. The third kappa shape index (κ3) is 4.70. The number of anilines is 1. The number of thioether (sulfide) groups is 1. The van der Waals surface area contributed by atoms with E-state index in [-0.39, 0.29) is 18.3 Å². The minimum absolute atomic E-state index is 0.217. The first kappa shape index (κ1) is 17.7. The van der Waals surface area contributed by atoms with Crippen LogP contribution in [0.15, 0.2) is 53.4 Å². The maximum atomic E-state index is 12.2. The molecule has 0 aromatic heterocycles. The average molecular weight is 343 g/mol. The molecule has 0 bridgehead atoms. The van der Waals surface area contributed by atoms with E-state index in [4.69, 9.17) is 4.74 Å². The lowest BCUT2D eigenvalue weighted by Crippen LogP contribution is -2.15. The topological polar surface area (TPSA) is 72.5 Å². The molecular weight excluding hydrogens is 326 g/mol. The summed E-state index contributed by atoms with van der Waals surface area (Å²) in [4.78, 5) is 36.2. The maximum absolute atomic E-state index is 12.2. The summed E-state index contributed by atoms with van der Waals surface area (Å²) in [5.41, 5.74) is 1.33. The van der Waals surface area contributed by atoms with Gasteiger partial charge in [-0.1, -0.05) is 24.3 Å². The van der Waals surface area contributed by atoms with Crippen molar-refractivity contribution < 1.29 is 19.1 Å². The molecule has 1 N–H and O–H groups in total. The highest BCUT2D eigenvalue weighted by molar-refractivity contribution is 7.98. The van der Waals surface area contributed by atoms with E-state index in [9.17, 15) is 14.4 Å². The second kappa shape index (κ2) is 8.31. The highest BCUT2D eigenvalue weighted by Crippen LogP contribution is 2.26. The number of nitrogens with one attached hydrogen (secondary N) is 1. The van der Waals surface area contributed by atoms with Crippen LogP contribution in [0.2, 0.25) is 0 Å². The van der Waals surface area contributed by atoms with Gasteiger partial charge in [0.1, 0.15) is 0 Å². The van der Waals surface area contributed by atoms with E-state index in [1.54, 1.807) is 48.5 Å². The van der Waals surface area contributed by atoms with E-state index < -0.39 is 5.97 Å². The Morgan fingerprint density at radius 2 is 1.75 bits per heavy atom. The summed E-state index contributed by atoms with van der Waals surface area (Å²) in [6.07, 6.45) is 1.88. The molecule has 0 fully saturated rings. The lowest BCUT2D eigenvalue weighted by Gasteiger charge is -2.10. The SMILES string of the molecule is CSc1ccc(C(=O)COC(=O)c2ccccc2)cc1NC(C)=O. The van der Waals surface area contributed by atoms with Crippen molar-refractivity contribution in [2.24, 2.45) is 0 Å². The Morgan fingerprint density at radius 3 is 2.38 bits per heavy atom. The Kier molecular flexibility index (Phi) is 6.14. The summed E-state index contributed by atoms with van der Waals surface area (Å²) in [5, 5.41) is 2.69. The van der Waals surface area contributed by atoms with Crippen LogP contribution >= 0.6 is 11.8 Å². The molecule has 2 aromatic rings. The minimum Gasteiger partial charge on any atom is -0.454 e. The van der Waals surface area contributed by atoms with Gasteiger partial charge in [0, 0.05) is 17.4 Å². The molecule has 1 amide bonds. The van der Waals surface area contributed by atoms with Gasteiger partial charge in [0.2, 0.25) is 5.91 Å². The van der Waals surface area contributed by atoms with Crippen molar-refractivity contribution in [3.63, 3.8) is 0 Å². The highest BCUT2D eigenvalue weighted by atomic mass is 32.2. The van der Waals surface area contributed by atoms with Crippen molar-refractivity contribution in [2.75, 3.05) is 18.2 Å². The second-order valence-electron chi connectivity index (χ2n) is 4.96. The molecule has 0 saturated carbocycles. The smallest absolute Gasteiger partial charge is 0.338 e. The number of hydrogen-bond acceptors (Lipinski definition) is 5. The number of hydrogen-bond donors (Lipinski definition) is 1. The van der Waals surface area contributed by atoms with Crippen LogP contribution in [0, 0.1) is 0 Å². The quantitative estimate of drug-likeness (QED) is 0.494. The third-order valence-electron chi connectivity index (χ3n) is 3.18. The van der Waals surface area contributed by atoms with Crippen LogP contribution in [0.4, 0.5) is 5.69 Å². The molecular formula is C18H17NO4S. The third-order valence-corrected chi connectivity index (χ3v) is 3.97. The van der Waals surface area contributed by atoms with Crippen LogP contribution in [0.25, 0.3) is 0 Å². The van der Waals surface area contributed by atoms with Crippen LogP contribution < -0.4 is 5.32 Å². The lowest BCUT2D eigenvalue weighted by molar-refractivity contribution is -0.114. The Hall–Kier alpha value is -2.60. The van der Waals surface area contributed by atoms with Crippen molar-refractivity contribution in [1.29, 1.82) is 0 Å². The fourth-order valence-corrected chi connectivity index (χ4v) is 2.57. The summed E-state index contributed by atoms with van der Waals surface area (Å²) < 4.78 is 5.04. The molecule has 0 saturated heterocycles. The number of benzene rings is 2. The lowest BCUT2D eigenvalue weighted by atomic mass is 10.1. The first-order valence-corrected chi connectivity index (χ1v) is 8.44. The fourth-order valence-electron chi connectivity index (χ4n) is 2.04. The Labute approximate surface area is 144 Å². The largest absolute Gasteiger partial charge is 0.454 e. The van der Waals surface area contributed by atoms with Crippen LogP contribution in [-0.2, 0) is 9.53 Å². The zero-order chi connectivity index (χ0) is 17.5. The van der Waals surface area contributed by atoms with Gasteiger partial charge in [-0.25, -0.2) is 4.79 Å². The first-order valence-electron chi connectivity index (χ1n) is 7.22. The van der Waals surface area contributed by atoms with Crippen LogP contribution in [0.5, 0.6) is 0 Å². The normalized spacial score (nSPS) is 10.1. The zero-order valence-electron chi connectivity index (χ0n) is 13.4. The van der Waals surface area contributed by atoms with Gasteiger partial charge in [-0.2, -0.15) is 0 Å². The number of carbonyl (C=O) groups excluding carboxylic acids is 3. The molecule has 24 heavy (non-hydrogen) atoms. The second-order valence-corrected chi connectivity index (χ2v) is 5.81. The van der Waals surface area contributed by atoms with Crippen molar-refractivity contribution >= 4 is 35.1 Å². The molecule has 0 aliphatic heterocycles. The van der Waals surface area contributed by atoms with Gasteiger partial charge in [-0.15, -0.1) is 11.8 Å². The van der Waals surface area contributed by atoms with Crippen LogP contribution in [0.1, 0.15) is 27.6 Å². The number of amides is 1. The van der Waals surface area contributed by atoms with Gasteiger partial charge >= 0.3 is 5.97 Å². The van der Waals surface area contributed by atoms with Gasteiger partial charge in [-0.3, -0.25) is 9.59 Å². The zero-order valence-corrected chi connectivity index (χ0v) is 14.2. The Balaban J connectivity index is 2.07. The van der Waals surface area contributed by atoms with E-state index in [1.165, 1.54) is 18.7 Å². The van der Waals surface area contributed by atoms with Gasteiger partial charge in [0.15, 0.2) is 12.4 Å². The maximum Gasteiger partial charge on any atom is 0.338 e. The summed E-state index contributed by atoms with van der Waals surface area (Å²) in [6.45, 7) is 1.05. The van der Waals surface area contributed by atoms with Crippen molar-refractivity contribution in [3.8, 4) is 0 Å². The summed E-state index contributed by atoms with van der Waals surface area (Å²) in [5.74, 6) is -1.10. The molecule has 6 heteroatoms. The van der Waals surface area contributed by atoms with E-state index in [0.717, 1.165) is 4.90 Å². The molecule has 0 spiro atoms. The van der Waals surface area contributed by atoms with Crippen LogP contribution in [0.3, 0.4) is 0 Å². The molecule has 0 aliphatic rings. The number of carbonyl (C=O) groups is 3. The fraction of sp³-hybridized carbons (Fsp3) is 0.167. The summed E-state index contributed by atoms with van der Waals surface area (Å²) >= 11 is 1.46. The number of rotatable bonds is 6. The van der Waals surface area contributed by atoms with Gasteiger partial charge in [0.25, 0.3) is 0 Å². The highest BCUT2D eigenvalue weighted by Gasteiger charge is 2.14. The monoisotopic (exact) mass is 343 g/mol. The van der Waals surface area contributed by atoms with E-state index >= 15 is 0 Å². The van der Waals surface area contributed by atoms with E-state index in [2.05, 4.69) is 5.32 Å². The van der Waals surface area contributed by atoms with Crippen molar-refractivity contribution in [2.45, 2.75) is 11.8 Å². The number of esters is 1. The predicted molar refractivity (Wildman–Crippen MR) is 93.6 cm³/mol. The molecule has 0 aliphatic carbocycles. The summed E-state index contributed by atoms with van der Waals surface area (Å²) in [6, 6.07) is 13.5. The number of Topliss-reactive ketones (excluding diaryl/α,β-unsaturated/α-hetero) is 1. The molecule has 0 radical (unpaired) electrons. The van der Waals surface area contributed by atoms with Crippen molar-refractivity contribution in [3.05, 3.63) is 59.7 Å². The standard InChI is InChI=1S/C18H17NO4S/c1-12(20)19-15-10-14(8-9-17(15)24-2)16(21)11-23-18(22)13-6-4-3-5-7-13/h3-10H,11H2,1-2H3,(H,19,20). The average Bonchev–Trinajstić information content (AvgIpc) is 2.59. The van der Waals surface area contributed by atoms with Gasteiger partial charge < -0.3 is 10.1 Å². The molecule has 0 atom stereocenters. The number of ether oxygens (including phenoxy) is 1. The summed E-state index contributed by atoms with van der Waals surface area (Å²) in [7, 11) is 0. The molecule has 2 rings (SSSR count). The number of ketones is 1.